The number of ether oxygens (including phenoxy) is 1. The Kier molecular flexibility index (Phi) is 8.39. The van der Waals surface area contributed by atoms with Crippen LogP contribution in [0.25, 0.3) is 11.3 Å². The van der Waals surface area contributed by atoms with Crippen LogP contribution in [0.15, 0.2) is 59.7 Å². The molecule has 13 heteroatoms. The van der Waals surface area contributed by atoms with Gasteiger partial charge in [-0.1, -0.05) is 11.1 Å². The number of rotatable bonds is 7. The number of amides is 2. The van der Waals surface area contributed by atoms with Crippen molar-refractivity contribution in [1.29, 1.82) is 0 Å². The Hall–Kier alpha value is -4.81. The van der Waals surface area contributed by atoms with Gasteiger partial charge in [-0.2, -0.15) is 13.2 Å². The van der Waals surface area contributed by atoms with E-state index in [0.717, 1.165) is 35.4 Å². The molecule has 0 radical (unpaired) electrons. The molecule has 2 amide bonds. The van der Waals surface area contributed by atoms with Gasteiger partial charge in [-0.15, -0.1) is 0 Å². The first-order chi connectivity index (χ1) is 21.2. The van der Waals surface area contributed by atoms with Crippen LogP contribution in [0.1, 0.15) is 53.1 Å². The number of methoxy groups -OCH3 is 1. The molecule has 0 saturated heterocycles. The van der Waals surface area contributed by atoms with Gasteiger partial charge in [0.1, 0.15) is 17.4 Å². The lowest BCUT2D eigenvalue weighted by Gasteiger charge is -2.30. The highest BCUT2D eigenvalue weighted by atomic mass is 19.4. The third-order valence-electron chi connectivity index (χ3n) is 8.34. The molecule has 2 bridgehead atoms. The molecule has 2 aromatic carbocycles. The van der Waals surface area contributed by atoms with E-state index in [1.807, 2.05) is 13.8 Å². The van der Waals surface area contributed by atoms with E-state index in [1.54, 1.807) is 0 Å². The minimum absolute atomic E-state index is 0.0311. The molecule has 0 spiro atoms. The van der Waals surface area contributed by atoms with E-state index in [0.29, 0.717) is 25.0 Å². The summed E-state index contributed by atoms with van der Waals surface area (Å²) in [4.78, 5) is 43.1. The maximum atomic E-state index is 14.7. The summed E-state index contributed by atoms with van der Waals surface area (Å²) in [5.41, 5.74) is -0.485. The van der Waals surface area contributed by atoms with Gasteiger partial charge in [-0.05, 0) is 81.1 Å². The molecule has 45 heavy (non-hydrogen) atoms. The maximum absolute atomic E-state index is 14.7. The van der Waals surface area contributed by atoms with Crippen LogP contribution in [0, 0.1) is 29.4 Å². The number of carboxylic acids is 1. The van der Waals surface area contributed by atoms with E-state index in [-0.39, 0.29) is 45.8 Å². The Morgan fingerprint density at radius 1 is 0.956 bits per heavy atom. The first kappa shape index (κ1) is 31.6. The zero-order valence-electron chi connectivity index (χ0n) is 24.3. The van der Waals surface area contributed by atoms with Crippen LogP contribution in [0.3, 0.4) is 0 Å². The quantitative estimate of drug-likeness (QED) is 0.203. The molecular formula is C32H28F5N3O5. The van der Waals surface area contributed by atoms with Crippen molar-refractivity contribution in [2.75, 3.05) is 12.4 Å². The maximum Gasteiger partial charge on any atom is 0.419 e. The minimum Gasteiger partial charge on any atom is -0.494 e. The number of aromatic nitrogens is 1. The average Bonchev–Trinajstić information content (AvgIpc) is 3.54. The zero-order chi connectivity index (χ0) is 32.8. The van der Waals surface area contributed by atoms with Crippen LogP contribution < -0.4 is 15.4 Å². The van der Waals surface area contributed by atoms with E-state index in [4.69, 9.17) is 4.74 Å². The summed E-state index contributed by atoms with van der Waals surface area (Å²) in [6.45, 7) is 3.76. The zero-order valence-corrected chi connectivity index (χ0v) is 24.3. The predicted octanol–water partition coefficient (Wildman–Crippen LogP) is 6.48. The number of allylic oxidation sites excluding steroid dienone is 1. The molecular weight excluding hydrogens is 601 g/mol. The van der Waals surface area contributed by atoms with Crippen LogP contribution >= 0.6 is 0 Å². The molecule has 0 aliphatic heterocycles. The summed E-state index contributed by atoms with van der Waals surface area (Å²) in [5, 5.41) is 14.7. The van der Waals surface area contributed by atoms with Gasteiger partial charge in [0, 0.05) is 23.2 Å². The van der Waals surface area contributed by atoms with Crippen LogP contribution in [-0.2, 0) is 11.0 Å². The SMILES string of the molecule is COc1ccc(-c2cc(C(=O)O)ccc2F)nc1C(=O)N[C@@H]1C2CCC(C2=C(C)C)[C@@H]1C(=O)Nc1ccc(F)c(C(F)(F)F)c1. The summed E-state index contributed by atoms with van der Waals surface area (Å²) >= 11 is 0. The average molecular weight is 630 g/mol. The number of nitrogens with zero attached hydrogens (tertiary/aromatic N) is 1. The molecule has 2 aliphatic rings. The van der Waals surface area contributed by atoms with Crippen LogP contribution in [0.4, 0.5) is 27.6 Å². The topological polar surface area (TPSA) is 118 Å². The van der Waals surface area contributed by atoms with Gasteiger partial charge >= 0.3 is 12.1 Å². The fourth-order valence-electron chi connectivity index (χ4n) is 6.51. The molecule has 1 aromatic heterocycles. The number of fused-ring (bicyclic) bond motifs is 2. The van der Waals surface area contributed by atoms with E-state index >= 15 is 0 Å². The molecule has 2 saturated carbocycles. The molecule has 2 unspecified atom stereocenters. The molecule has 2 aliphatic carbocycles. The summed E-state index contributed by atoms with van der Waals surface area (Å²) in [6.07, 6.45) is -3.71. The number of carboxylic acid groups (broad SMARTS) is 1. The van der Waals surface area contributed by atoms with Gasteiger partial charge in [0.05, 0.1) is 29.8 Å². The predicted molar refractivity (Wildman–Crippen MR) is 153 cm³/mol. The summed E-state index contributed by atoms with van der Waals surface area (Å²) < 4.78 is 73.8. The van der Waals surface area contributed by atoms with Gasteiger partial charge in [-0.3, -0.25) is 9.59 Å². The molecule has 236 valence electrons. The van der Waals surface area contributed by atoms with Crippen molar-refractivity contribution in [3.8, 4) is 17.0 Å². The van der Waals surface area contributed by atoms with Crippen molar-refractivity contribution in [1.82, 2.24) is 10.3 Å². The molecule has 3 aromatic rings. The number of benzene rings is 2. The molecule has 4 atom stereocenters. The highest BCUT2D eigenvalue weighted by Crippen LogP contribution is 2.54. The number of hydrogen-bond donors (Lipinski definition) is 3. The third-order valence-corrected chi connectivity index (χ3v) is 8.34. The van der Waals surface area contributed by atoms with E-state index < -0.39 is 53.1 Å². The lowest BCUT2D eigenvalue weighted by Crippen LogP contribution is -2.48. The fourth-order valence-corrected chi connectivity index (χ4v) is 6.51. The van der Waals surface area contributed by atoms with Crippen molar-refractivity contribution in [3.63, 3.8) is 0 Å². The van der Waals surface area contributed by atoms with Gasteiger partial charge in [-0.25, -0.2) is 18.6 Å². The highest BCUT2D eigenvalue weighted by molar-refractivity contribution is 5.98. The number of halogens is 5. The van der Waals surface area contributed by atoms with E-state index in [1.165, 1.54) is 19.2 Å². The van der Waals surface area contributed by atoms with Gasteiger partial charge in [0.25, 0.3) is 5.91 Å². The Bertz CT molecular complexity index is 1730. The van der Waals surface area contributed by atoms with Crippen LogP contribution in [-0.4, -0.2) is 41.0 Å². The number of nitrogens with one attached hydrogen (secondary N) is 2. The number of alkyl halides is 3. The van der Waals surface area contributed by atoms with Gasteiger partial charge < -0.3 is 20.5 Å². The van der Waals surface area contributed by atoms with Crippen molar-refractivity contribution in [2.45, 2.75) is 38.9 Å². The van der Waals surface area contributed by atoms with Gasteiger partial charge in [0.2, 0.25) is 5.91 Å². The lowest BCUT2D eigenvalue weighted by atomic mass is 9.83. The minimum atomic E-state index is -4.97. The van der Waals surface area contributed by atoms with Crippen LogP contribution in [0.5, 0.6) is 5.75 Å². The van der Waals surface area contributed by atoms with E-state index in [9.17, 15) is 41.4 Å². The number of carbonyl (C=O) groups excluding carboxylic acids is 2. The molecule has 2 fully saturated rings. The first-order valence-electron chi connectivity index (χ1n) is 13.9. The second kappa shape index (κ2) is 11.9. The molecule has 3 N–H and O–H groups in total. The highest BCUT2D eigenvalue weighted by Gasteiger charge is 2.55. The standard InChI is InChI=1S/C32H28F5N3O5/c1-14(2)25-17-6-7-18(25)27(26(17)29(41)38-16-5-9-22(34)20(13-16)32(35,36)37)40-30(42)28-24(45-3)11-10-23(39-28)19-12-15(31(43)44)4-8-21(19)33/h4-5,8-13,17-18,26-27H,6-7H2,1-3H3,(H,38,41)(H,40,42)(H,43,44)/t17?,18?,26-,27+/m0/s1. The smallest absolute Gasteiger partial charge is 0.419 e. The summed E-state index contributed by atoms with van der Waals surface area (Å²) in [6, 6.07) is 7.29. The number of carbonyl (C=O) groups is 3. The van der Waals surface area contributed by atoms with Crippen molar-refractivity contribution >= 4 is 23.5 Å². The Labute approximate surface area is 254 Å². The summed E-state index contributed by atoms with van der Waals surface area (Å²) in [5.74, 6) is -6.33. The Morgan fingerprint density at radius 3 is 2.29 bits per heavy atom. The summed E-state index contributed by atoms with van der Waals surface area (Å²) in [7, 11) is 1.30. The van der Waals surface area contributed by atoms with Crippen molar-refractivity contribution < 1.29 is 46.2 Å². The van der Waals surface area contributed by atoms with Gasteiger partial charge in [0.15, 0.2) is 5.69 Å². The van der Waals surface area contributed by atoms with Crippen molar-refractivity contribution in [2.24, 2.45) is 17.8 Å². The van der Waals surface area contributed by atoms with E-state index in [2.05, 4.69) is 15.6 Å². The monoisotopic (exact) mass is 629 g/mol. The Morgan fingerprint density at radius 2 is 1.64 bits per heavy atom. The molecule has 5 rings (SSSR count). The second-order valence-corrected chi connectivity index (χ2v) is 11.2. The lowest BCUT2D eigenvalue weighted by molar-refractivity contribution is -0.140. The van der Waals surface area contributed by atoms with Crippen molar-refractivity contribution in [3.05, 3.63) is 88.1 Å². The number of anilines is 1. The second-order valence-electron chi connectivity index (χ2n) is 11.2. The number of hydrogen-bond acceptors (Lipinski definition) is 5. The third kappa shape index (κ3) is 5.98. The normalized spacial score (nSPS) is 20.6. The molecule has 8 nitrogen and oxygen atoms in total. The Balaban J connectivity index is 1.48. The van der Waals surface area contributed by atoms with Crippen LogP contribution in [0.2, 0.25) is 0 Å². The number of aromatic carboxylic acids is 1. The fraction of sp³-hybridized carbons (Fsp3) is 0.312. The molecule has 1 heterocycles. The largest absolute Gasteiger partial charge is 0.494 e. The first-order valence-corrected chi connectivity index (χ1v) is 13.9. The number of pyridine rings is 1.